The third kappa shape index (κ3) is 5.77. The number of hydrogen-bond donors (Lipinski definition) is 3. The molecule has 0 aliphatic heterocycles. The van der Waals surface area contributed by atoms with Crippen molar-refractivity contribution in [3.05, 3.63) is 70.4 Å². The molecule has 1 fully saturated rings. The molecule has 0 radical (unpaired) electrons. The van der Waals surface area contributed by atoms with Gasteiger partial charge in [0.2, 0.25) is 5.91 Å². The molecule has 0 bridgehead atoms. The lowest BCUT2D eigenvalue weighted by atomic mass is 9.92. The van der Waals surface area contributed by atoms with E-state index in [0.717, 1.165) is 41.7 Å². The van der Waals surface area contributed by atoms with Crippen molar-refractivity contribution in [1.29, 1.82) is 0 Å². The van der Waals surface area contributed by atoms with Crippen molar-refractivity contribution in [2.24, 2.45) is 0 Å². The van der Waals surface area contributed by atoms with Crippen LogP contribution >= 0.6 is 11.3 Å². The predicted molar refractivity (Wildman–Crippen MR) is 128 cm³/mol. The van der Waals surface area contributed by atoms with Crippen molar-refractivity contribution in [2.45, 2.75) is 44.3 Å². The van der Waals surface area contributed by atoms with Crippen LogP contribution in [0.3, 0.4) is 0 Å². The van der Waals surface area contributed by atoms with Gasteiger partial charge in [0.05, 0.1) is 17.2 Å². The molecule has 2 aromatic carbocycles. The minimum atomic E-state index is -4.51. The Labute approximate surface area is 199 Å². The van der Waals surface area contributed by atoms with E-state index in [1.54, 1.807) is 6.07 Å². The molecular formula is C25H24F3N3O2S. The molecule has 178 valence electrons. The molecule has 5 nitrogen and oxygen atoms in total. The van der Waals surface area contributed by atoms with E-state index in [-0.39, 0.29) is 23.6 Å². The maximum Gasteiger partial charge on any atom is 0.416 e. The van der Waals surface area contributed by atoms with Gasteiger partial charge in [0.15, 0.2) is 0 Å². The number of carbonyl (C=O) groups excluding carboxylic acids is 2. The van der Waals surface area contributed by atoms with Gasteiger partial charge in [0.25, 0.3) is 0 Å². The number of benzene rings is 2. The van der Waals surface area contributed by atoms with Crippen molar-refractivity contribution in [3.63, 3.8) is 0 Å². The predicted octanol–water partition coefficient (Wildman–Crippen LogP) is 6.85. The molecule has 4 rings (SSSR count). The highest BCUT2D eigenvalue weighted by Gasteiger charge is 2.31. The van der Waals surface area contributed by atoms with Gasteiger partial charge in [-0.25, -0.2) is 4.79 Å². The first-order valence-electron chi connectivity index (χ1n) is 11.0. The molecule has 1 aliphatic rings. The average Bonchev–Trinajstić information content (AvgIpc) is 3.42. The number of rotatable bonds is 7. The Morgan fingerprint density at radius 3 is 2.53 bits per heavy atom. The summed E-state index contributed by atoms with van der Waals surface area (Å²) in [4.78, 5) is 25.4. The fourth-order valence-corrected chi connectivity index (χ4v) is 4.37. The lowest BCUT2D eigenvalue weighted by Crippen LogP contribution is -2.31. The van der Waals surface area contributed by atoms with Crippen LogP contribution in [0.25, 0.3) is 11.1 Å². The molecule has 1 aliphatic carbocycles. The van der Waals surface area contributed by atoms with Crippen LogP contribution in [-0.4, -0.2) is 18.0 Å². The second-order valence-electron chi connectivity index (χ2n) is 8.22. The van der Waals surface area contributed by atoms with Gasteiger partial charge in [-0.15, -0.1) is 0 Å². The molecule has 1 aromatic heterocycles. The van der Waals surface area contributed by atoms with Crippen LogP contribution in [0.2, 0.25) is 0 Å². The van der Waals surface area contributed by atoms with Gasteiger partial charge in [-0.2, -0.15) is 24.5 Å². The highest BCUT2D eigenvalue weighted by atomic mass is 32.1. The molecule has 1 saturated carbocycles. The lowest BCUT2D eigenvalue weighted by Gasteiger charge is -2.19. The van der Waals surface area contributed by atoms with E-state index in [9.17, 15) is 22.8 Å². The monoisotopic (exact) mass is 487 g/mol. The maximum atomic E-state index is 13.0. The first kappa shape index (κ1) is 23.8. The number of nitrogens with one attached hydrogen (secondary N) is 3. The Hall–Kier alpha value is -3.33. The van der Waals surface area contributed by atoms with Gasteiger partial charge in [0.1, 0.15) is 0 Å². The third-order valence-electron chi connectivity index (χ3n) is 5.62. The fourth-order valence-electron chi connectivity index (χ4n) is 3.71. The van der Waals surface area contributed by atoms with Crippen LogP contribution in [0, 0.1) is 0 Å². The van der Waals surface area contributed by atoms with E-state index in [4.69, 9.17) is 0 Å². The van der Waals surface area contributed by atoms with Gasteiger partial charge in [-0.3, -0.25) is 4.79 Å². The highest BCUT2D eigenvalue weighted by molar-refractivity contribution is 7.08. The Bertz CT molecular complexity index is 1170. The van der Waals surface area contributed by atoms with E-state index in [0.29, 0.717) is 12.1 Å². The largest absolute Gasteiger partial charge is 0.416 e. The van der Waals surface area contributed by atoms with Crippen molar-refractivity contribution in [3.8, 4) is 11.1 Å². The lowest BCUT2D eigenvalue weighted by molar-refractivity contribution is -0.137. The Balaban J connectivity index is 1.59. The van der Waals surface area contributed by atoms with Gasteiger partial charge in [0, 0.05) is 17.3 Å². The van der Waals surface area contributed by atoms with Crippen molar-refractivity contribution in [1.82, 2.24) is 5.32 Å². The molecular weight excluding hydrogens is 463 g/mol. The van der Waals surface area contributed by atoms with Crippen LogP contribution in [0.15, 0.2) is 59.3 Å². The summed E-state index contributed by atoms with van der Waals surface area (Å²) in [5, 5.41) is 12.1. The number of amides is 3. The average molecular weight is 488 g/mol. The number of hydrogen-bond acceptors (Lipinski definition) is 3. The molecule has 3 aromatic rings. The fraction of sp³-hybridized carbons (Fsp3) is 0.280. The minimum absolute atomic E-state index is 0.0239. The molecule has 9 heteroatoms. The standard InChI is InChI=1S/C25H24F3N3O2S/c1-2-20(23(32)29-18-7-8-18)15-6-9-21(16-10-11-34-14-16)22(12-15)31-24(33)30-19-5-3-4-17(13-19)25(26,27)28/h3-6,9-14,18,20H,2,7-8H2,1H3,(H,29,32)(H2,30,31,33). The van der Waals surface area contributed by atoms with E-state index >= 15 is 0 Å². The zero-order valence-corrected chi connectivity index (χ0v) is 19.2. The van der Waals surface area contributed by atoms with Gasteiger partial charge in [-0.05, 0) is 71.5 Å². The smallest absolute Gasteiger partial charge is 0.353 e. The van der Waals surface area contributed by atoms with Crippen LogP contribution in [0.5, 0.6) is 0 Å². The van der Waals surface area contributed by atoms with Crippen molar-refractivity contribution >= 4 is 34.6 Å². The van der Waals surface area contributed by atoms with E-state index in [1.165, 1.54) is 23.5 Å². The van der Waals surface area contributed by atoms with Crippen LogP contribution in [0.4, 0.5) is 29.3 Å². The van der Waals surface area contributed by atoms with E-state index in [1.807, 2.05) is 35.9 Å². The number of alkyl halides is 3. The van der Waals surface area contributed by atoms with E-state index < -0.39 is 17.8 Å². The summed E-state index contributed by atoms with van der Waals surface area (Å²) in [6, 6.07) is 11.4. The zero-order valence-electron chi connectivity index (χ0n) is 18.4. The molecule has 1 unspecified atom stereocenters. The summed E-state index contributed by atoms with van der Waals surface area (Å²) in [5.41, 5.74) is 2.05. The second-order valence-corrected chi connectivity index (χ2v) is 9.00. The zero-order chi connectivity index (χ0) is 24.3. The molecule has 1 atom stereocenters. The summed E-state index contributed by atoms with van der Waals surface area (Å²) < 4.78 is 39.0. The Morgan fingerprint density at radius 1 is 1.09 bits per heavy atom. The molecule has 1 heterocycles. The Kier molecular flexibility index (Phi) is 6.92. The number of anilines is 2. The first-order valence-corrected chi connectivity index (χ1v) is 11.9. The molecule has 34 heavy (non-hydrogen) atoms. The van der Waals surface area contributed by atoms with Gasteiger partial charge < -0.3 is 16.0 Å². The third-order valence-corrected chi connectivity index (χ3v) is 6.31. The SMILES string of the molecule is CCC(C(=O)NC1CC1)c1ccc(-c2ccsc2)c(NC(=O)Nc2cccc(C(F)(F)F)c2)c1. The van der Waals surface area contributed by atoms with Gasteiger partial charge in [-0.1, -0.05) is 25.1 Å². The maximum absolute atomic E-state index is 13.0. The summed E-state index contributed by atoms with van der Waals surface area (Å²) >= 11 is 1.50. The Morgan fingerprint density at radius 2 is 1.88 bits per heavy atom. The topological polar surface area (TPSA) is 70.2 Å². The molecule has 0 saturated heterocycles. The first-order chi connectivity index (χ1) is 16.2. The van der Waals surface area contributed by atoms with Crippen LogP contribution in [0.1, 0.15) is 43.2 Å². The number of halogens is 3. The molecule has 0 spiro atoms. The quantitative estimate of drug-likeness (QED) is 0.341. The minimum Gasteiger partial charge on any atom is -0.353 e. The summed E-state index contributed by atoms with van der Waals surface area (Å²) in [6.07, 6.45) is -1.94. The highest BCUT2D eigenvalue weighted by Crippen LogP contribution is 2.34. The number of thiophene rings is 1. The number of carbonyl (C=O) groups is 2. The van der Waals surface area contributed by atoms with E-state index in [2.05, 4.69) is 16.0 Å². The summed E-state index contributed by atoms with van der Waals surface area (Å²) in [5.74, 6) is -0.420. The van der Waals surface area contributed by atoms with Crippen molar-refractivity contribution in [2.75, 3.05) is 10.6 Å². The van der Waals surface area contributed by atoms with Gasteiger partial charge >= 0.3 is 12.2 Å². The van der Waals surface area contributed by atoms with Crippen LogP contribution in [-0.2, 0) is 11.0 Å². The van der Waals surface area contributed by atoms with Crippen LogP contribution < -0.4 is 16.0 Å². The number of urea groups is 1. The van der Waals surface area contributed by atoms with Crippen molar-refractivity contribution < 1.29 is 22.8 Å². The summed E-state index contributed by atoms with van der Waals surface area (Å²) in [6.45, 7) is 1.93. The molecule has 3 amide bonds. The molecule has 3 N–H and O–H groups in total. The second kappa shape index (κ2) is 9.89. The normalized spacial score (nSPS) is 14.4. The summed E-state index contributed by atoms with van der Waals surface area (Å²) in [7, 11) is 0.